The lowest BCUT2D eigenvalue weighted by Gasteiger charge is -2.25. The van der Waals surface area contributed by atoms with Crippen molar-refractivity contribution in [1.82, 2.24) is 9.88 Å². The summed E-state index contributed by atoms with van der Waals surface area (Å²) in [5.74, 6) is 0.424. The monoisotopic (exact) mass is 366 g/mol. The summed E-state index contributed by atoms with van der Waals surface area (Å²) in [6.45, 7) is 2.79. The Morgan fingerprint density at radius 1 is 1.35 bits per heavy atom. The van der Waals surface area contributed by atoms with Crippen molar-refractivity contribution >= 4 is 39.3 Å². The predicted molar refractivity (Wildman–Crippen MR) is 109 cm³/mol. The minimum absolute atomic E-state index is 0.210. The number of H-pyrrole nitrogens is 1. The smallest absolute Gasteiger partial charge is 0.140 e. The topological polar surface area (TPSA) is 75.1 Å². The third-order valence-electron chi connectivity index (χ3n) is 4.77. The van der Waals surface area contributed by atoms with Crippen molar-refractivity contribution in [2.24, 2.45) is 0 Å². The zero-order valence-electron chi connectivity index (χ0n) is 14.5. The molecule has 0 saturated heterocycles. The first-order valence-corrected chi connectivity index (χ1v) is 9.66. The van der Waals surface area contributed by atoms with Gasteiger partial charge in [-0.3, -0.25) is 10.3 Å². The summed E-state index contributed by atoms with van der Waals surface area (Å²) in [5.41, 5.74) is 4.60. The highest BCUT2D eigenvalue weighted by Crippen LogP contribution is 2.31. The maximum Gasteiger partial charge on any atom is 0.140 e. The number of rotatable bonds is 5. The minimum Gasteiger partial charge on any atom is -0.395 e. The number of benzene rings is 1. The molecule has 0 bridgehead atoms. The maximum absolute atomic E-state index is 9.09. The first kappa shape index (κ1) is 17.0. The van der Waals surface area contributed by atoms with Crippen molar-refractivity contribution in [1.29, 1.82) is 5.41 Å². The first-order chi connectivity index (χ1) is 12.7. The maximum atomic E-state index is 9.09. The largest absolute Gasteiger partial charge is 0.395 e. The van der Waals surface area contributed by atoms with Crippen LogP contribution in [0.3, 0.4) is 0 Å². The fourth-order valence-corrected chi connectivity index (χ4v) is 4.02. The second kappa shape index (κ2) is 7.45. The molecule has 6 heteroatoms. The molecule has 0 aliphatic carbocycles. The van der Waals surface area contributed by atoms with Crippen LogP contribution in [0.2, 0.25) is 0 Å². The van der Waals surface area contributed by atoms with E-state index in [1.165, 1.54) is 16.5 Å². The van der Waals surface area contributed by atoms with Gasteiger partial charge in [-0.15, -0.1) is 11.3 Å². The van der Waals surface area contributed by atoms with E-state index in [9.17, 15) is 0 Å². The van der Waals surface area contributed by atoms with Crippen LogP contribution in [-0.2, 0) is 0 Å². The molecule has 1 aliphatic heterocycles. The highest BCUT2D eigenvalue weighted by atomic mass is 32.1. The molecule has 0 radical (unpaired) electrons. The number of aliphatic hydroxyl groups is 1. The van der Waals surface area contributed by atoms with Gasteiger partial charge in [-0.1, -0.05) is 12.1 Å². The van der Waals surface area contributed by atoms with Crippen LogP contribution in [0.4, 0.5) is 5.69 Å². The molecule has 0 atom stereocenters. The normalized spacial score (nSPS) is 15.2. The van der Waals surface area contributed by atoms with E-state index in [-0.39, 0.29) is 6.61 Å². The zero-order chi connectivity index (χ0) is 17.9. The number of β-amino-alcohol motifs (C(OH)–C–C–N with tert-alkyl or cyclic N) is 1. The van der Waals surface area contributed by atoms with Gasteiger partial charge in [0.15, 0.2) is 0 Å². The average Bonchev–Trinajstić information content (AvgIpc) is 3.32. The number of aliphatic hydroxyl groups excluding tert-OH is 1. The standard InChI is InChI=1S/C20H22N4OS/c21-20(19-2-1-11-26-19)23-15-3-4-18-16(12-15)17(13-22-18)14-5-7-24(8-6-14)9-10-25/h1-5,11-13,22,25H,6-10H2,(H2,21,23). The Morgan fingerprint density at radius 2 is 2.27 bits per heavy atom. The molecule has 1 aromatic carbocycles. The summed E-state index contributed by atoms with van der Waals surface area (Å²) in [7, 11) is 0. The van der Waals surface area contributed by atoms with Gasteiger partial charge in [0.1, 0.15) is 5.84 Å². The van der Waals surface area contributed by atoms with Crippen LogP contribution >= 0.6 is 11.3 Å². The number of hydrogen-bond donors (Lipinski definition) is 4. The lowest BCUT2D eigenvalue weighted by Crippen LogP contribution is -2.31. The molecular weight excluding hydrogens is 344 g/mol. The van der Waals surface area contributed by atoms with Gasteiger partial charge in [0.25, 0.3) is 0 Å². The fourth-order valence-electron chi connectivity index (χ4n) is 3.39. The Hall–Kier alpha value is -2.41. The summed E-state index contributed by atoms with van der Waals surface area (Å²) < 4.78 is 0. The summed E-state index contributed by atoms with van der Waals surface area (Å²) in [6, 6.07) is 10.1. The molecule has 0 saturated carbocycles. The summed E-state index contributed by atoms with van der Waals surface area (Å²) >= 11 is 1.56. The van der Waals surface area contributed by atoms with Gasteiger partial charge in [-0.2, -0.15) is 0 Å². The quantitative estimate of drug-likeness (QED) is 0.410. The molecule has 3 heterocycles. The van der Waals surface area contributed by atoms with E-state index in [1.54, 1.807) is 11.3 Å². The SMILES string of the molecule is N=C(Nc1ccc2[nH]cc(C3=CCN(CCO)CC3)c2c1)c1cccs1. The van der Waals surface area contributed by atoms with Crippen molar-refractivity contribution in [3.05, 3.63) is 58.4 Å². The summed E-state index contributed by atoms with van der Waals surface area (Å²) in [4.78, 5) is 6.54. The summed E-state index contributed by atoms with van der Waals surface area (Å²) in [6.07, 6.45) is 5.32. The van der Waals surface area contributed by atoms with Crippen molar-refractivity contribution in [2.75, 3.05) is 31.6 Å². The second-order valence-electron chi connectivity index (χ2n) is 6.44. The van der Waals surface area contributed by atoms with Gasteiger partial charge in [0.05, 0.1) is 11.5 Å². The molecule has 0 fully saturated rings. The molecule has 134 valence electrons. The molecule has 0 unspecified atom stereocenters. The predicted octanol–water partition coefficient (Wildman–Crippen LogP) is 3.75. The number of hydrogen-bond acceptors (Lipinski definition) is 4. The van der Waals surface area contributed by atoms with Crippen molar-refractivity contribution < 1.29 is 5.11 Å². The highest BCUT2D eigenvalue weighted by Gasteiger charge is 2.15. The average molecular weight is 366 g/mol. The Kier molecular flexibility index (Phi) is 4.88. The number of aromatic amines is 1. The number of nitrogens with zero attached hydrogens (tertiary/aromatic N) is 1. The Labute approximate surface area is 156 Å². The lowest BCUT2D eigenvalue weighted by molar-refractivity contribution is 0.208. The Bertz CT molecular complexity index is 942. The number of aromatic nitrogens is 1. The van der Waals surface area contributed by atoms with Crippen LogP contribution in [-0.4, -0.2) is 47.1 Å². The van der Waals surface area contributed by atoms with Crippen molar-refractivity contribution in [3.8, 4) is 0 Å². The van der Waals surface area contributed by atoms with E-state index in [1.807, 2.05) is 23.6 Å². The van der Waals surface area contributed by atoms with Gasteiger partial charge >= 0.3 is 0 Å². The molecule has 1 aliphatic rings. The van der Waals surface area contributed by atoms with Crippen LogP contribution in [0.1, 0.15) is 16.9 Å². The third kappa shape index (κ3) is 3.44. The fraction of sp³-hybridized carbons (Fsp3) is 0.250. The van der Waals surface area contributed by atoms with Crippen LogP contribution in [0.5, 0.6) is 0 Å². The van der Waals surface area contributed by atoms with Crippen LogP contribution < -0.4 is 5.32 Å². The molecule has 2 aromatic heterocycles. The molecule has 4 rings (SSSR count). The number of amidine groups is 1. The van der Waals surface area contributed by atoms with Crippen LogP contribution in [0.25, 0.3) is 16.5 Å². The van der Waals surface area contributed by atoms with Crippen molar-refractivity contribution in [3.63, 3.8) is 0 Å². The minimum atomic E-state index is 0.210. The van der Waals surface area contributed by atoms with Crippen LogP contribution in [0.15, 0.2) is 48.0 Å². The number of thiophene rings is 1. The molecule has 26 heavy (non-hydrogen) atoms. The van der Waals surface area contributed by atoms with E-state index < -0.39 is 0 Å². The van der Waals surface area contributed by atoms with E-state index >= 15 is 0 Å². The molecule has 5 nitrogen and oxygen atoms in total. The van der Waals surface area contributed by atoms with Gasteiger partial charge < -0.3 is 15.4 Å². The van der Waals surface area contributed by atoms with E-state index in [0.717, 1.165) is 42.1 Å². The zero-order valence-corrected chi connectivity index (χ0v) is 15.3. The van der Waals surface area contributed by atoms with Crippen molar-refractivity contribution in [2.45, 2.75) is 6.42 Å². The second-order valence-corrected chi connectivity index (χ2v) is 7.39. The lowest BCUT2D eigenvalue weighted by atomic mass is 9.98. The van der Waals surface area contributed by atoms with E-state index in [4.69, 9.17) is 10.5 Å². The van der Waals surface area contributed by atoms with Crippen LogP contribution in [0, 0.1) is 5.41 Å². The Morgan fingerprint density at radius 3 is 3.00 bits per heavy atom. The molecular formula is C20H22N4OS. The van der Waals surface area contributed by atoms with Gasteiger partial charge in [0.2, 0.25) is 0 Å². The first-order valence-electron chi connectivity index (χ1n) is 8.78. The number of nitrogens with one attached hydrogen (secondary N) is 3. The van der Waals surface area contributed by atoms with E-state index in [2.05, 4.69) is 39.6 Å². The van der Waals surface area contributed by atoms with E-state index in [0.29, 0.717) is 5.84 Å². The van der Waals surface area contributed by atoms with Gasteiger partial charge in [-0.25, -0.2) is 0 Å². The third-order valence-corrected chi connectivity index (χ3v) is 5.66. The highest BCUT2D eigenvalue weighted by molar-refractivity contribution is 7.12. The molecule has 4 N–H and O–H groups in total. The number of anilines is 1. The molecule has 0 spiro atoms. The molecule has 0 amide bonds. The Balaban J connectivity index is 1.58. The van der Waals surface area contributed by atoms with Gasteiger partial charge in [0, 0.05) is 48.0 Å². The molecule has 3 aromatic rings. The summed E-state index contributed by atoms with van der Waals surface area (Å²) in [5, 5.41) is 23.7. The van der Waals surface area contributed by atoms with Gasteiger partial charge in [-0.05, 0) is 41.6 Å². The number of fused-ring (bicyclic) bond motifs is 1.